The molecule has 0 radical (unpaired) electrons. The lowest BCUT2D eigenvalue weighted by Crippen LogP contribution is -2.36. The molecule has 0 aromatic carbocycles. The second-order valence-electron chi connectivity index (χ2n) is 16.1. The molecule has 2 aliphatic rings. The summed E-state index contributed by atoms with van der Waals surface area (Å²) in [5, 5.41) is 37.1. The molecule has 0 saturated carbocycles. The maximum atomic E-state index is 12.3. The molecule has 9 aromatic heterocycles. The van der Waals surface area contributed by atoms with Crippen molar-refractivity contribution in [1.82, 2.24) is 65.8 Å². The molecule has 0 bridgehead atoms. The number of aromatic nitrogens is 12. The molecule has 22 nitrogen and oxygen atoms in total. The first-order valence-electron chi connectivity index (χ1n) is 21.9. The number of H-pyrrole nitrogens is 6. The third-order valence-corrected chi connectivity index (χ3v) is 11.8. The molecule has 11 N–H and O–H groups in total. The van der Waals surface area contributed by atoms with Crippen molar-refractivity contribution in [1.29, 1.82) is 0 Å². The average Bonchev–Trinajstić information content (AvgIpc) is 4.23. The number of ether oxygens (including phenoxy) is 2. The highest BCUT2D eigenvalue weighted by Gasteiger charge is 2.17. The number of Topliss-reactive ketones (excluding diaryl/α,β-unsaturated/α-hetero) is 1. The monoisotopic (exact) mass is 1180 g/mol. The number of aryl methyl sites for hydroxylation is 3. The minimum Gasteiger partial charge on any atom is -0.476 e. The van der Waals surface area contributed by atoms with Gasteiger partial charge < -0.3 is 50.8 Å². The number of hydrogen-bond acceptors (Lipinski definition) is 14. The van der Waals surface area contributed by atoms with Gasteiger partial charge in [-0.2, -0.15) is 15.3 Å². The Morgan fingerprint density at radius 2 is 1.33 bits per heavy atom. The Bertz CT molecular complexity index is 3180. The number of pyridine rings is 3. The van der Waals surface area contributed by atoms with E-state index in [2.05, 4.69) is 121 Å². The molecule has 366 valence electrons. The van der Waals surface area contributed by atoms with E-state index >= 15 is 0 Å². The highest BCUT2D eigenvalue weighted by molar-refractivity contribution is 14.1. The molecule has 70 heavy (non-hydrogen) atoms. The van der Waals surface area contributed by atoms with Crippen LogP contribution in [0.3, 0.4) is 0 Å². The number of aromatic amines is 6. The number of hydrogen-bond donors (Lipinski definition) is 10. The number of halogens is 2. The number of morpholine rings is 2. The number of nitrogens with zero attached hydrogens (tertiary/aromatic N) is 7. The zero-order valence-corrected chi connectivity index (χ0v) is 43.0. The molecule has 0 unspecified atom stereocenters. The van der Waals surface area contributed by atoms with Crippen LogP contribution in [0.15, 0.2) is 67.1 Å². The van der Waals surface area contributed by atoms with Crippen LogP contribution in [-0.2, 0) is 15.9 Å². The summed E-state index contributed by atoms with van der Waals surface area (Å²) in [5.41, 5.74) is 14.0. The molecule has 24 heteroatoms. The van der Waals surface area contributed by atoms with Crippen molar-refractivity contribution in [2.24, 2.45) is 0 Å². The lowest BCUT2D eigenvalue weighted by molar-refractivity contribution is 0.0689. The van der Waals surface area contributed by atoms with Crippen LogP contribution in [0, 0.1) is 35.1 Å². The van der Waals surface area contributed by atoms with Gasteiger partial charge in [0, 0.05) is 89.9 Å². The second-order valence-corrected chi connectivity index (χ2v) is 18.4. The quantitative estimate of drug-likeness (QED) is 0.0611. The van der Waals surface area contributed by atoms with Gasteiger partial charge in [0.15, 0.2) is 17.3 Å². The number of ketones is 1. The number of anilines is 3. The van der Waals surface area contributed by atoms with Crippen molar-refractivity contribution >= 4 is 113 Å². The third kappa shape index (κ3) is 14.2. The summed E-state index contributed by atoms with van der Waals surface area (Å²) in [6, 6.07) is 15.3. The number of amides is 1. The Morgan fingerprint density at radius 1 is 0.714 bits per heavy atom. The molecule has 0 spiro atoms. The molecule has 2 saturated heterocycles. The SMILES string of the molecule is C1COCCN1.Cc1[nH]nc(C(=O)O)c1C.Cc1cc(C(=O)Cc2cnc3[nH]c(I)cc3c2)n[nH]1.Cc1cc(NC(=O)c2cnc3[nH]c(N4CCOCC4)cc3c2)n[nH]1.Nc1cnc2[nH]c(I)cc2c1. The topological polar surface area (TPSA) is 315 Å². The fraction of sp³-hybridized carbons (Fsp3) is 0.283. The molecule has 9 aromatic rings. The van der Waals surface area contributed by atoms with Crippen molar-refractivity contribution < 1.29 is 29.0 Å². The molecular weight excluding hydrogens is 1130 g/mol. The van der Waals surface area contributed by atoms with Gasteiger partial charge in [0.2, 0.25) is 0 Å². The molecular formula is C46H52I2N16O6. The van der Waals surface area contributed by atoms with Crippen molar-refractivity contribution in [2.45, 2.75) is 34.1 Å². The zero-order valence-electron chi connectivity index (χ0n) is 38.7. The minimum atomic E-state index is -0.984. The Balaban J connectivity index is 0.000000139. The van der Waals surface area contributed by atoms with Gasteiger partial charge in [0.25, 0.3) is 5.91 Å². The predicted octanol–water partition coefficient (Wildman–Crippen LogP) is 6.39. The number of fused-ring (bicyclic) bond motifs is 3. The van der Waals surface area contributed by atoms with Gasteiger partial charge in [-0.05, 0) is 121 Å². The summed E-state index contributed by atoms with van der Waals surface area (Å²) in [6.07, 6.45) is 5.26. The number of nitrogens with two attached hydrogens (primary N) is 1. The molecule has 11 heterocycles. The summed E-state index contributed by atoms with van der Waals surface area (Å²) in [5.74, 6) is 0.282. The van der Waals surface area contributed by atoms with Crippen LogP contribution in [-0.4, -0.2) is 136 Å². The number of carbonyl (C=O) groups is 3. The minimum absolute atomic E-state index is 0.00395. The van der Waals surface area contributed by atoms with Crippen LogP contribution >= 0.6 is 45.2 Å². The Labute approximate surface area is 427 Å². The van der Waals surface area contributed by atoms with Gasteiger partial charge in [0.05, 0.1) is 51.3 Å². The van der Waals surface area contributed by atoms with E-state index in [-0.39, 0.29) is 17.4 Å². The smallest absolute Gasteiger partial charge is 0.356 e. The number of aromatic carboxylic acids is 1. The molecule has 0 aliphatic carbocycles. The zero-order chi connectivity index (χ0) is 49.7. The van der Waals surface area contributed by atoms with Crippen molar-refractivity contribution in [3.63, 3.8) is 0 Å². The number of carboxylic acids is 1. The van der Waals surface area contributed by atoms with Crippen molar-refractivity contribution in [3.05, 3.63) is 120 Å². The standard InChI is InChI=1S/C16H18N6O2.C13H11IN4O.C7H6IN3.C6H8N2O2.C4H9NO/c1-10-6-13(21-20-10)18-16(23)12-7-11-8-14(19-15(11)17-9-12)22-2-4-24-5-3-22;1-7-2-10(18-17-7)11(19)4-8-3-9-5-12(14)16-13(9)15-6-8;8-6-2-4-1-5(9)3-10-7(4)11-6;1-3-4(2)7-8-5(3)6(9)10;1-3-6-4-2-5-1/h6-9H,2-5H2,1H3,(H,17,19)(H2,18,20,21,23);2-3,5-6H,4H2,1H3,(H,15,16)(H,17,18);1-3H,9H2,(H,10,11);1-2H3,(H,7,8)(H,9,10);5H,1-4H2. The fourth-order valence-corrected chi connectivity index (χ4v) is 8.12. The van der Waals surface area contributed by atoms with E-state index in [0.29, 0.717) is 34.7 Å². The second kappa shape index (κ2) is 24.2. The van der Waals surface area contributed by atoms with E-state index in [4.69, 9.17) is 20.3 Å². The van der Waals surface area contributed by atoms with Gasteiger partial charge >= 0.3 is 5.97 Å². The van der Waals surface area contributed by atoms with Gasteiger partial charge in [0.1, 0.15) is 28.5 Å². The van der Waals surface area contributed by atoms with E-state index in [1.807, 2.05) is 50.2 Å². The van der Waals surface area contributed by atoms with Crippen LogP contribution in [0.2, 0.25) is 0 Å². The average molecular weight is 1180 g/mol. The van der Waals surface area contributed by atoms with E-state index < -0.39 is 5.97 Å². The third-order valence-electron chi connectivity index (χ3n) is 10.6. The van der Waals surface area contributed by atoms with Gasteiger partial charge in [-0.3, -0.25) is 24.9 Å². The largest absolute Gasteiger partial charge is 0.476 e. The lowest BCUT2D eigenvalue weighted by atomic mass is 10.1. The maximum absolute atomic E-state index is 12.3. The molecule has 11 rings (SSSR count). The number of rotatable bonds is 7. The summed E-state index contributed by atoms with van der Waals surface area (Å²) in [7, 11) is 0. The molecule has 2 fully saturated rings. The normalized spacial score (nSPS) is 13.3. The van der Waals surface area contributed by atoms with Gasteiger partial charge in [-0.1, -0.05) is 0 Å². The van der Waals surface area contributed by atoms with E-state index in [0.717, 1.165) is 122 Å². The van der Waals surface area contributed by atoms with Crippen molar-refractivity contribution in [3.8, 4) is 0 Å². The highest BCUT2D eigenvalue weighted by Crippen LogP contribution is 2.23. The molecule has 2 aliphatic heterocycles. The molecule has 0 atom stereocenters. The first-order chi connectivity index (χ1) is 33.7. The number of carbonyl (C=O) groups excluding carboxylic acids is 2. The number of carboxylic acid groups (broad SMARTS) is 1. The lowest BCUT2D eigenvalue weighted by Gasteiger charge is -2.27. The summed E-state index contributed by atoms with van der Waals surface area (Å²) in [6.45, 7) is 14.2. The van der Waals surface area contributed by atoms with Crippen LogP contribution in [0.1, 0.15) is 59.5 Å². The first kappa shape index (κ1) is 51.1. The Morgan fingerprint density at radius 3 is 1.90 bits per heavy atom. The Kier molecular flexibility index (Phi) is 17.7. The van der Waals surface area contributed by atoms with E-state index in [9.17, 15) is 14.4 Å². The van der Waals surface area contributed by atoms with Gasteiger partial charge in [-0.25, -0.2) is 19.7 Å². The van der Waals surface area contributed by atoms with Crippen LogP contribution in [0.4, 0.5) is 17.3 Å². The maximum Gasteiger partial charge on any atom is 0.356 e. The molecule has 1 amide bonds. The van der Waals surface area contributed by atoms with Crippen LogP contribution < -0.4 is 21.3 Å². The van der Waals surface area contributed by atoms with E-state index in [1.54, 1.807) is 44.6 Å². The first-order valence-corrected chi connectivity index (χ1v) is 24.1. The van der Waals surface area contributed by atoms with Crippen LogP contribution in [0.5, 0.6) is 0 Å². The summed E-state index contributed by atoms with van der Waals surface area (Å²) >= 11 is 4.41. The van der Waals surface area contributed by atoms with Gasteiger partial charge in [-0.15, -0.1) is 0 Å². The fourth-order valence-electron chi connectivity index (χ4n) is 6.94. The van der Waals surface area contributed by atoms with Crippen LogP contribution in [0.25, 0.3) is 33.1 Å². The Hall–Kier alpha value is -6.75. The highest BCUT2D eigenvalue weighted by atomic mass is 127. The number of nitrogens with one attached hydrogen (secondary N) is 8. The summed E-state index contributed by atoms with van der Waals surface area (Å²) < 4.78 is 12.5. The van der Waals surface area contributed by atoms with Crippen molar-refractivity contribution in [2.75, 3.05) is 68.6 Å². The number of nitrogen functional groups attached to an aromatic ring is 1. The predicted molar refractivity (Wildman–Crippen MR) is 283 cm³/mol. The summed E-state index contributed by atoms with van der Waals surface area (Å²) in [4.78, 5) is 59.3. The van der Waals surface area contributed by atoms with E-state index in [1.165, 1.54) is 0 Å².